The monoisotopic (exact) mass is 344 g/mol. The van der Waals surface area contributed by atoms with Crippen molar-refractivity contribution in [2.75, 3.05) is 13.7 Å². The molecule has 0 bridgehead atoms. The van der Waals surface area contributed by atoms with Crippen molar-refractivity contribution < 1.29 is 27.5 Å². The van der Waals surface area contributed by atoms with Gasteiger partial charge < -0.3 is 15.4 Å². The zero-order valence-corrected chi connectivity index (χ0v) is 13.1. The van der Waals surface area contributed by atoms with Gasteiger partial charge in [-0.05, 0) is 18.4 Å². The predicted molar refractivity (Wildman–Crippen MR) is 79.9 cm³/mol. The molecule has 1 aromatic carbocycles. The number of rotatable bonds is 5. The van der Waals surface area contributed by atoms with E-state index in [9.17, 15) is 22.8 Å². The van der Waals surface area contributed by atoms with E-state index in [-0.39, 0.29) is 19.4 Å². The van der Waals surface area contributed by atoms with E-state index < -0.39 is 36.1 Å². The van der Waals surface area contributed by atoms with Gasteiger partial charge in [-0.25, -0.2) is 0 Å². The van der Waals surface area contributed by atoms with Gasteiger partial charge in [-0.15, -0.1) is 0 Å². The van der Waals surface area contributed by atoms with Crippen LogP contribution in [0.2, 0.25) is 0 Å². The third kappa shape index (κ3) is 4.47. The summed E-state index contributed by atoms with van der Waals surface area (Å²) in [5.74, 6) is -2.60. The van der Waals surface area contributed by atoms with Crippen LogP contribution in [0.25, 0.3) is 0 Å². The summed E-state index contributed by atoms with van der Waals surface area (Å²) in [4.78, 5) is 23.9. The Bertz CT molecular complexity index is 578. The van der Waals surface area contributed by atoms with E-state index in [4.69, 9.17) is 4.74 Å². The molecule has 1 aliphatic heterocycles. The zero-order valence-electron chi connectivity index (χ0n) is 13.1. The van der Waals surface area contributed by atoms with Crippen LogP contribution >= 0.6 is 0 Å². The number of hydrogen-bond donors (Lipinski definition) is 2. The Kier molecular flexibility index (Phi) is 5.82. The quantitative estimate of drug-likeness (QED) is 0.803. The molecule has 1 aromatic rings. The molecule has 2 N–H and O–H groups in total. The van der Waals surface area contributed by atoms with E-state index in [1.807, 2.05) is 35.6 Å². The maximum absolute atomic E-state index is 12.6. The first-order valence-corrected chi connectivity index (χ1v) is 7.55. The van der Waals surface area contributed by atoms with Gasteiger partial charge >= 0.3 is 6.18 Å². The molecule has 1 saturated heterocycles. The molecule has 3 atom stereocenters. The second kappa shape index (κ2) is 7.65. The molecule has 1 aliphatic rings. The maximum Gasteiger partial charge on any atom is 0.408 e. The second-order valence-electron chi connectivity index (χ2n) is 5.61. The van der Waals surface area contributed by atoms with Crippen LogP contribution in [-0.2, 0) is 14.3 Å². The fourth-order valence-electron chi connectivity index (χ4n) is 2.63. The molecule has 24 heavy (non-hydrogen) atoms. The Morgan fingerprint density at radius 2 is 2.00 bits per heavy atom. The molecule has 0 radical (unpaired) electrons. The van der Waals surface area contributed by atoms with Crippen molar-refractivity contribution in [3.63, 3.8) is 0 Å². The molecular formula is C16H19F3N2O3. The SMILES string of the molecule is COC(CNC(=O)C1CCC(C(F)(F)F)NC1=O)c1ccccc1. The smallest absolute Gasteiger partial charge is 0.375 e. The number of methoxy groups -OCH3 is 1. The van der Waals surface area contributed by atoms with Crippen molar-refractivity contribution >= 4 is 11.8 Å². The van der Waals surface area contributed by atoms with Crippen LogP contribution in [0.1, 0.15) is 24.5 Å². The lowest BCUT2D eigenvalue weighted by Crippen LogP contribution is -2.54. The Morgan fingerprint density at radius 1 is 1.33 bits per heavy atom. The van der Waals surface area contributed by atoms with Gasteiger partial charge in [0.2, 0.25) is 11.8 Å². The lowest BCUT2D eigenvalue weighted by atomic mass is 9.92. The van der Waals surface area contributed by atoms with E-state index in [1.165, 1.54) is 7.11 Å². The first-order chi connectivity index (χ1) is 11.3. The van der Waals surface area contributed by atoms with Gasteiger partial charge in [0.15, 0.2) is 0 Å². The Balaban J connectivity index is 1.90. The van der Waals surface area contributed by atoms with E-state index in [0.29, 0.717) is 0 Å². The molecule has 132 valence electrons. The van der Waals surface area contributed by atoms with Crippen molar-refractivity contribution in [2.24, 2.45) is 5.92 Å². The van der Waals surface area contributed by atoms with Crippen LogP contribution < -0.4 is 10.6 Å². The summed E-state index contributed by atoms with van der Waals surface area (Å²) in [7, 11) is 1.49. The van der Waals surface area contributed by atoms with Crippen LogP contribution in [0.15, 0.2) is 30.3 Å². The van der Waals surface area contributed by atoms with Gasteiger partial charge in [-0.2, -0.15) is 13.2 Å². The number of amides is 2. The van der Waals surface area contributed by atoms with E-state index in [0.717, 1.165) is 5.56 Å². The number of nitrogens with one attached hydrogen (secondary N) is 2. The number of carbonyl (C=O) groups is 2. The van der Waals surface area contributed by atoms with Gasteiger partial charge in [-0.1, -0.05) is 30.3 Å². The fourth-order valence-corrected chi connectivity index (χ4v) is 2.63. The van der Waals surface area contributed by atoms with E-state index in [1.54, 1.807) is 0 Å². The highest BCUT2D eigenvalue weighted by Crippen LogP contribution is 2.28. The molecule has 2 rings (SSSR count). The largest absolute Gasteiger partial charge is 0.408 e. The van der Waals surface area contributed by atoms with Crippen molar-refractivity contribution in [1.82, 2.24) is 10.6 Å². The molecule has 0 aromatic heterocycles. The predicted octanol–water partition coefficient (Wildman–Crippen LogP) is 1.95. The number of halogens is 3. The topological polar surface area (TPSA) is 67.4 Å². The highest BCUT2D eigenvalue weighted by atomic mass is 19.4. The molecule has 8 heteroatoms. The van der Waals surface area contributed by atoms with Gasteiger partial charge in [0, 0.05) is 13.7 Å². The zero-order chi connectivity index (χ0) is 17.7. The molecule has 5 nitrogen and oxygen atoms in total. The first kappa shape index (κ1) is 18.3. The average molecular weight is 344 g/mol. The van der Waals surface area contributed by atoms with Crippen molar-refractivity contribution in [2.45, 2.75) is 31.2 Å². The van der Waals surface area contributed by atoms with Crippen LogP contribution in [0.3, 0.4) is 0 Å². The molecule has 0 saturated carbocycles. The molecule has 0 spiro atoms. The summed E-state index contributed by atoms with van der Waals surface area (Å²) < 4.78 is 43.1. The summed E-state index contributed by atoms with van der Waals surface area (Å²) in [6.45, 7) is 0.131. The van der Waals surface area contributed by atoms with Gasteiger partial charge in [0.25, 0.3) is 0 Å². The van der Waals surface area contributed by atoms with Gasteiger partial charge in [0.05, 0.1) is 6.10 Å². The van der Waals surface area contributed by atoms with Crippen LogP contribution in [-0.4, -0.2) is 37.7 Å². The van der Waals surface area contributed by atoms with E-state index >= 15 is 0 Å². The number of piperidine rings is 1. The Labute approximate surface area is 137 Å². The molecule has 1 heterocycles. The molecule has 0 aliphatic carbocycles. The minimum Gasteiger partial charge on any atom is -0.375 e. The van der Waals surface area contributed by atoms with Crippen LogP contribution in [0, 0.1) is 5.92 Å². The minimum atomic E-state index is -4.49. The van der Waals surface area contributed by atoms with Crippen molar-refractivity contribution in [3.8, 4) is 0 Å². The average Bonchev–Trinajstić information content (AvgIpc) is 2.55. The molecule has 3 unspecified atom stereocenters. The summed E-state index contributed by atoms with van der Waals surface area (Å²) in [6.07, 6.45) is -5.33. The Morgan fingerprint density at radius 3 is 2.54 bits per heavy atom. The third-order valence-electron chi connectivity index (χ3n) is 4.01. The fraction of sp³-hybridized carbons (Fsp3) is 0.500. The molecule has 2 amide bonds. The maximum atomic E-state index is 12.6. The second-order valence-corrected chi connectivity index (χ2v) is 5.61. The number of carbonyl (C=O) groups excluding carboxylic acids is 2. The highest BCUT2D eigenvalue weighted by Gasteiger charge is 2.45. The summed E-state index contributed by atoms with van der Waals surface area (Å²) in [5, 5.41) is 4.44. The lowest BCUT2D eigenvalue weighted by molar-refractivity contribution is -0.171. The number of hydrogen-bond acceptors (Lipinski definition) is 3. The lowest BCUT2D eigenvalue weighted by Gasteiger charge is -2.30. The summed E-state index contributed by atoms with van der Waals surface area (Å²) in [6, 6.07) is 7.29. The van der Waals surface area contributed by atoms with Crippen LogP contribution in [0.5, 0.6) is 0 Å². The summed E-state index contributed by atoms with van der Waals surface area (Å²) in [5.41, 5.74) is 0.852. The van der Waals surface area contributed by atoms with Crippen LogP contribution in [0.4, 0.5) is 13.2 Å². The molecular weight excluding hydrogens is 325 g/mol. The number of benzene rings is 1. The van der Waals surface area contributed by atoms with Gasteiger partial charge in [-0.3, -0.25) is 9.59 Å². The first-order valence-electron chi connectivity index (χ1n) is 7.55. The number of alkyl halides is 3. The Hall–Kier alpha value is -2.09. The van der Waals surface area contributed by atoms with Gasteiger partial charge in [0.1, 0.15) is 12.0 Å². The summed E-state index contributed by atoms with van der Waals surface area (Å²) >= 11 is 0. The van der Waals surface area contributed by atoms with E-state index in [2.05, 4.69) is 5.32 Å². The minimum absolute atomic E-state index is 0.131. The van der Waals surface area contributed by atoms with Crippen molar-refractivity contribution in [1.29, 1.82) is 0 Å². The standard InChI is InChI=1S/C16H19F3N2O3/c1-24-12(10-5-3-2-4-6-10)9-20-14(22)11-7-8-13(16(17,18)19)21-15(11)23/h2-6,11-13H,7-9H2,1H3,(H,20,22)(H,21,23). The molecule has 1 fully saturated rings. The normalized spacial score (nSPS) is 22.6. The van der Waals surface area contributed by atoms with Crippen molar-refractivity contribution in [3.05, 3.63) is 35.9 Å². The highest BCUT2D eigenvalue weighted by molar-refractivity contribution is 6.00. The third-order valence-corrected chi connectivity index (χ3v) is 4.01. The number of ether oxygens (including phenoxy) is 1.